The van der Waals surface area contributed by atoms with Crippen molar-refractivity contribution < 1.29 is 14.3 Å². The van der Waals surface area contributed by atoms with E-state index in [1.54, 1.807) is 14.2 Å². The molecule has 156 valence electrons. The lowest BCUT2D eigenvalue weighted by Crippen LogP contribution is -2.44. The molecule has 1 saturated heterocycles. The Kier molecular flexibility index (Phi) is 6.11. The summed E-state index contributed by atoms with van der Waals surface area (Å²) < 4.78 is 11.0. The number of carbonyl (C=O) groups is 1. The largest absolute Gasteiger partial charge is 0.497 e. The molecule has 0 bridgehead atoms. The lowest BCUT2D eigenvalue weighted by molar-refractivity contribution is -0.135. The van der Waals surface area contributed by atoms with Gasteiger partial charge in [-0.1, -0.05) is 13.0 Å². The Morgan fingerprint density at radius 2 is 2.03 bits per heavy atom. The van der Waals surface area contributed by atoms with Crippen LogP contribution < -0.4 is 9.47 Å². The third-order valence-corrected chi connectivity index (χ3v) is 7.30. The SMILES string of the molecule is CCC1c2ccsc2CCN1C(=O)CN1CCCC1c1ccc(OC)cc1OC. The molecule has 2 unspecified atom stereocenters. The topological polar surface area (TPSA) is 42.0 Å². The second-order valence-corrected chi connectivity index (χ2v) is 8.80. The first-order valence-corrected chi connectivity index (χ1v) is 11.4. The van der Waals surface area contributed by atoms with Crippen LogP contribution in [0, 0.1) is 0 Å². The molecule has 1 amide bonds. The lowest BCUT2D eigenvalue weighted by Gasteiger charge is -2.37. The predicted molar refractivity (Wildman–Crippen MR) is 116 cm³/mol. The zero-order chi connectivity index (χ0) is 20.4. The third kappa shape index (κ3) is 3.88. The number of nitrogens with zero attached hydrogens (tertiary/aromatic N) is 2. The molecule has 29 heavy (non-hydrogen) atoms. The van der Waals surface area contributed by atoms with Crippen LogP contribution in [0.3, 0.4) is 0 Å². The standard InChI is InChI=1S/C23H30N2O3S/c1-4-19-18-10-13-29-22(18)9-12-25(19)23(26)15-24-11-5-6-20(24)17-8-7-16(27-2)14-21(17)28-3/h7-8,10,13-14,19-20H,4-6,9,11-12,15H2,1-3H3. The van der Waals surface area contributed by atoms with Gasteiger partial charge in [0.2, 0.25) is 5.91 Å². The van der Waals surface area contributed by atoms with Crippen LogP contribution in [0.25, 0.3) is 0 Å². The van der Waals surface area contributed by atoms with Gasteiger partial charge in [-0.3, -0.25) is 9.69 Å². The van der Waals surface area contributed by atoms with Gasteiger partial charge in [0, 0.05) is 29.1 Å². The van der Waals surface area contributed by atoms with E-state index >= 15 is 0 Å². The van der Waals surface area contributed by atoms with Crippen LogP contribution in [0.2, 0.25) is 0 Å². The minimum absolute atomic E-state index is 0.210. The van der Waals surface area contributed by atoms with Crippen molar-refractivity contribution in [3.8, 4) is 11.5 Å². The third-order valence-electron chi connectivity index (χ3n) is 6.30. The normalized spacial score (nSPS) is 21.8. The predicted octanol–water partition coefficient (Wildman–Crippen LogP) is 4.44. The van der Waals surface area contributed by atoms with E-state index in [0.717, 1.165) is 55.8 Å². The number of benzene rings is 1. The molecule has 5 nitrogen and oxygen atoms in total. The van der Waals surface area contributed by atoms with Gasteiger partial charge in [-0.15, -0.1) is 11.3 Å². The number of ether oxygens (including phenoxy) is 2. The van der Waals surface area contributed by atoms with Gasteiger partial charge in [-0.05, 0) is 55.3 Å². The molecule has 0 spiro atoms. The molecule has 4 rings (SSSR count). The molecule has 2 atom stereocenters. The monoisotopic (exact) mass is 414 g/mol. The van der Waals surface area contributed by atoms with Gasteiger partial charge in [-0.2, -0.15) is 0 Å². The van der Waals surface area contributed by atoms with Crippen LogP contribution in [-0.2, 0) is 11.2 Å². The molecule has 2 aliphatic rings. The van der Waals surface area contributed by atoms with Crippen LogP contribution in [0.1, 0.15) is 54.3 Å². The number of rotatable bonds is 6. The Labute approximate surface area is 177 Å². The van der Waals surface area contributed by atoms with Crippen LogP contribution in [0.4, 0.5) is 0 Å². The molecule has 0 aliphatic carbocycles. The fraction of sp³-hybridized carbons (Fsp3) is 0.522. The minimum atomic E-state index is 0.210. The van der Waals surface area contributed by atoms with E-state index in [4.69, 9.17) is 9.47 Å². The highest BCUT2D eigenvalue weighted by Gasteiger charge is 2.34. The summed E-state index contributed by atoms with van der Waals surface area (Å²) in [7, 11) is 3.36. The summed E-state index contributed by atoms with van der Waals surface area (Å²) in [6, 6.07) is 8.62. The number of likely N-dealkylation sites (tertiary alicyclic amines) is 1. The van der Waals surface area contributed by atoms with Gasteiger partial charge in [0.1, 0.15) is 11.5 Å². The molecule has 1 aromatic heterocycles. The van der Waals surface area contributed by atoms with Gasteiger partial charge in [-0.25, -0.2) is 0 Å². The maximum absolute atomic E-state index is 13.3. The van der Waals surface area contributed by atoms with Crippen LogP contribution >= 0.6 is 11.3 Å². The van der Waals surface area contributed by atoms with Gasteiger partial charge in [0.05, 0.1) is 26.8 Å². The average molecular weight is 415 g/mol. The molecule has 0 saturated carbocycles. The molecule has 1 fully saturated rings. The fourth-order valence-electron chi connectivity index (χ4n) is 4.86. The van der Waals surface area contributed by atoms with E-state index in [1.165, 1.54) is 10.4 Å². The van der Waals surface area contributed by atoms with Crippen molar-refractivity contribution in [3.63, 3.8) is 0 Å². The van der Waals surface area contributed by atoms with Gasteiger partial charge < -0.3 is 14.4 Å². The first kappa shape index (κ1) is 20.2. The number of methoxy groups -OCH3 is 2. The maximum atomic E-state index is 13.3. The summed E-state index contributed by atoms with van der Waals surface area (Å²) in [6.07, 6.45) is 4.08. The molecule has 0 N–H and O–H groups in total. The summed E-state index contributed by atoms with van der Waals surface area (Å²) in [5.41, 5.74) is 2.50. The van der Waals surface area contributed by atoms with Crippen molar-refractivity contribution in [2.45, 2.75) is 44.7 Å². The van der Waals surface area contributed by atoms with Gasteiger partial charge in [0.25, 0.3) is 0 Å². The summed E-state index contributed by atoms with van der Waals surface area (Å²) in [6.45, 7) is 4.42. The molecule has 2 aliphatic heterocycles. The Bertz CT molecular complexity index is 866. The summed E-state index contributed by atoms with van der Waals surface area (Å²) in [4.78, 5) is 19.2. The lowest BCUT2D eigenvalue weighted by atomic mass is 9.97. The first-order valence-electron chi connectivity index (χ1n) is 10.5. The molecular weight excluding hydrogens is 384 g/mol. The van der Waals surface area contributed by atoms with E-state index in [9.17, 15) is 4.79 Å². The number of carbonyl (C=O) groups excluding carboxylic acids is 1. The maximum Gasteiger partial charge on any atom is 0.237 e. The summed E-state index contributed by atoms with van der Waals surface area (Å²) >= 11 is 1.82. The Morgan fingerprint density at radius 3 is 2.79 bits per heavy atom. The van der Waals surface area contributed by atoms with Crippen molar-refractivity contribution in [1.29, 1.82) is 0 Å². The Morgan fingerprint density at radius 1 is 1.17 bits per heavy atom. The smallest absolute Gasteiger partial charge is 0.237 e. The number of amides is 1. The highest BCUT2D eigenvalue weighted by atomic mass is 32.1. The molecule has 6 heteroatoms. The highest BCUT2D eigenvalue weighted by Crippen LogP contribution is 2.39. The Hall–Kier alpha value is -2.05. The second kappa shape index (κ2) is 8.76. The average Bonchev–Trinajstić information content (AvgIpc) is 3.41. The summed E-state index contributed by atoms with van der Waals surface area (Å²) in [5.74, 6) is 1.87. The van der Waals surface area contributed by atoms with Crippen molar-refractivity contribution >= 4 is 17.2 Å². The molecule has 0 radical (unpaired) electrons. The van der Waals surface area contributed by atoms with Gasteiger partial charge in [0.15, 0.2) is 0 Å². The number of hydrogen-bond donors (Lipinski definition) is 0. The zero-order valence-corrected chi connectivity index (χ0v) is 18.3. The fourth-order valence-corrected chi connectivity index (χ4v) is 5.79. The number of thiophene rings is 1. The quantitative estimate of drug-likeness (QED) is 0.701. The van der Waals surface area contributed by atoms with Crippen LogP contribution in [0.15, 0.2) is 29.6 Å². The van der Waals surface area contributed by atoms with Crippen molar-refractivity contribution in [2.75, 3.05) is 33.9 Å². The number of hydrogen-bond acceptors (Lipinski definition) is 5. The zero-order valence-electron chi connectivity index (χ0n) is 17.5. The van der Waals surface area contributed by atoms with E-state index < -0.39 is 0 Å². The van der Waals surface area contributed by atoms with Crippen molar-refractivity contribution in [1.82, 2.24) is 9.80 Å². The van der Waals surface area contributed by atoms with Crippen LogP contribution in [0.5, 0.6) is 11.5 Å². The molecule has 2 aromatic rings. The Balaban J connectivity index is 1.51. The highest BCUT2D eigenvalue weighted by molar-refractivity contribution is 7.10. The molecular formula is C23H30N2O3S. The van der Waals surface area contributed by atoms with Crippen molar-refractivity contribution in [3.05, 3.63) is 45.6 Å². The van der Waals surface area contributed by atoms with Crippen LogP contribution in [-0.4, -0.2) is 49.6 Å². The van der Waals surface area contributed by atoms with E-state index in [1.807, 2.05) is 23.5 Å². The second-order valence-electron chi connectivity index (χ2n) is 7.80. The first-order chi connectivity index (χ1) is 14.2. The molecule has 1 aromatic carbocycles. The van der Waals surface area contributed by atoms with E-state index in [0.29, 0.717) is 6.54 Å². The summed E-state index contributed by atoms with van der Waals surface area (Å²) in [5, 5.41) is 2.16. The van der Waals surface area contributed by atoms with Crippen molar-refractivity contribution in [2.24, 2.45) is 0 Å². The minimum Gasteiger partial charge on any atom is -0.497 e. The number of fused-ring (bicyclic) bond motifs is 1. The van der Waals surface area contributed by atoms with Gasteiger partial charge >= 0.3 is 0 Å². The van der Waals surface area contributed by atoms with E-state index in [-0.39, 0.29) is 18.0 Å². The van der Waals surface area contributed by atoms with E-state index in [2.05, 4.69) is 34.2 Å². The molecule has 3 heterocycles.